The number of thiazole rings is 1. The molecule has 0 saturated carbocycles. The second-order valence-electron chi connectivity index (χ2n) is 8.12. The molecule has 0 aliphatic rings. The van der Waals surface area contributed by atoms with Gasteiger partial charge in [0.05, 0.1) is 28.1 Å². The molecule has 0 bridgehead atoms. The molecular formula is C24H21Cl2N5O4S2. The van der Waals surface area contributed by atoms with E-state index in [0.717, 1.165) is 26.9 Å². The second-order valence-corrected chi connectivity index (χ2v) is 12.1. The normalized spacial score (nSPS) is 11.5. The summed E-state index contributed by atoms with van der Waals surface area (Å²) in [5, 5.41) is 5.94. The Morgan fingerprint density at radius 1 is 1.08 bits per heavy atom. The average Bonchev–Trinajstić information content (AvgIpc) is 3.47. The minimum atomic E-state index is -3.82. The fraction of sp³-hybridized carbons (Fsp3) is 0.167. The van der Waals surface area contributed by atoms with Crippen LogP contribution in [0, 0.1) is 0 Å². The van der Waals surface area contributed by atoms with Crippen LogP contribution in [0.4, 0.5) is 5.13 Å². The van der Waals surface area contributed by atoms with Gasteiger partial charge in [-0.05, 0) is 43.2 Å². The van der Waals surface area contributed by atoms with Crippen molar-refractivity contribution in [1.29, 1.82) is 0 Å². The lowest BCUT2D eigenvalue weighted by molar-refractivity contribution is -0.115. The monoisotopic (exact) mass is 577 g/mol. The molecule has 0 saturated heterocycles. The van der Waals surface area contributed by atoms with Gasteiger partial charge in [0.15, 0.2) is 5.13 Å². The van der Waals surface area contributed by atoms with Crippen molar-refractivity contribution in [2.24, 2.45) is 0 Å². The van der Waals surface area contributed by atoms with E-state index >= 15 is 0 Å². The van der Waals surface area contributed by atoms with Gasteiger partial charge in [0.1, 0.15) is 5.15 Å². The predicted octanol–water partition coefficient (Wildman–Crippen LogP) is 4.94. The molecule has 37 heavy (non-hydrogen) atoms. The molecule has 2 N–H and O–H groups in total. The number of hydrogen-bond donors (Lipinski definition) is 2. The van der Waals surface area contributed by atoms with Gasteiger partial charge in [-0.2, -0.15) is 0 Å². The fourth-order valence-electron chi connectivity index (χ4n) is 3.29. The molecule has 0 spiro atoms. The minimum Gasteiger partial charge on any atom is -0.343 e. The Morgan fingerprint density at radius 3 is 2.49 bits per heavy atom. The number of hydrogen-bond acceptors (Lipinski definition) is 7. The van der Waals surface area contributed by atoms with E-state index in [9.17, 15) is 18.0 Å². The number of nitrogens with zero attached hydrogens (tertiary/aromatic N) is 3. The molecule has 0 fully saturated rings. The maximum atomic E-state index is 12.6. The van der Waals surface area contributed by atoms with Gasteiger partial charge >= 0.3 is 0 Å². The summed E-state index contributed by atoms with van der Waals surface area (Å²) < 4.78 is 25.6. The van der Waals surface area contributed by atoms with Gasteiger partial charge in [-0.3, -0.25) is 14.6 Å². The highest BCUT2D eigenvalue weighted by atomic mass is 35.5. The smallest absolute Gasteiger partial charge is 0.254 e. The van der Waals surface area contributed by atoms with E-state index in [2.05, 4.69) is 20.6 Å². The first-order chi connectivity index (χ1) is 17.6. The van der Waals surface area contributed by atoms with E-state index in [1.54, 1.807) is 12.4 Å². The summed E-state index contributed by atoms with van der Waals surface area (Å²) in [5.74, 6) is -1.26. The first-order valence-electron chi connectivity index (χ1n) is 10.9. The molecule has 3 heterocycles. The zero-order chi connectivity index (χ0) is 26.7. The van der Waals surface area contributed by atoms with Crippen molar-refractivity contribution in [2.45, 2.75) is 19.1 Å². The van der Waals surface area contributed by atoms with Gasteiger partial charge in [0.2, 0.25) is 15.9 Å². The number of benzene rings is 1. The summed E-state index contributed by atoms with van der Waals surface area (Å²) in [4.78, 5) is 33.5. The van der Waals surface area contributed by atoms with Crippen LogP contribution in [-0.2, 0) is 14.8 Å². The molecule has 2 amide bonds. The summed E-state index contributed by atoms with van der Waals surface area (Å²) in [6, 6.07) is 11.7. The van der Waals surface area contributed by atoms with Gasteiger partial charge in [-0.1, -0.05) is 41.4 Å². The molecule has 0 aliphatic heterocycles. The van der Waals surface area contributed by atoms with Crippen LogP contribution in [-0.4, -0.2) is 46.0 Å². The van der Waals surface area contributed by atoms with Crippen LogP contribution in [0.15, 0.2) is 60.4 Å². The van der Waals surface area contributed by atoms with Gasteiger partial charge in [0, 0.05) is 29.5 Å². The first-order valence-corrected chi connectivity index (χ1v) is 14.1. The van der Waals surface area contributed by atoms with E-state index in [-0.39, 0.29) is 22.3 Å². The van der Waals surface area contributed by atoms with Crippen LogP contribution in [0.2, 0.25) is 10.2 Å². The number of pyridine rings is 1. The zero-order valence-electron chi connectivity index (χ0n) is 19.6. The molecule has 1 aromatic carbocycles. The van der Waals surface area contributed by atoms with Crippen molar-refractivity contribution in [3.05, 3.63) is 76.1 Å². The predicted molar refractivity (Wildman–Crippen MR) is 146 cm³/mol. The van der Waals surface area contributed by atoms with Crippen molar-refractivity contribution in [1.82, 2.24) is 19.3 Å². The molecule has 0 radical (unpaired) electrons. The topological polar surface area (TPSA) is 123 Å². The molecule has 0 aliphatic carbocycles. The Bertz CT molecular complexity index is 1570. The third kappa shape index (κ3) is 5.85. The summed E-state index contributed by atoms with van der Waals surface area (Å²) in [6.07, 6.45) is 4.49. The molecule has 9 nitrogen and oxygen atoms in total. The molecule has 4 rings (SSSR count). The van der Waals surface area contributed by atoms with Gasteiger partial charge in [-0.15, -0.1) is 11.3 Å². The van der Waals surface area contributed by atoms with E-state index in [4.69, 9.17) is 23.2 Å². The Labute approximate surface area is 227 Å². The highest BCUT2D eigenvalue weighted by Gasteiger charge is 2.27. The van der Waals surface area contributed by atoms with Crippen LogP contribution in [0.3, 0.4) is 0 Å². The maximum Gasteiger partial charge on any atom is 0.254 e. The number of halogens is 2. The number of carbonyl (C=O) groups is 2. The lowest BCUT2D eigenvalue weighted by Crippen LogP contribution is -2.32. The van der Waals surface area contributed by atoms with E-state index in [0.29, 0.717) is 10.8 Å². The minimum absolute atomic E-state index is 0.158. The Kier molecular flexibility index (Phi) is 7.98. The van der Waals surface area contributed by atoms with E-state index in [1.807, 2.05) is 41.8 Å². The number of aromatic nitrogens is 3. The van der Waals surface area contributed by atoms with Gasteiger partial charge < -0.3 is 10.6 Å². The van der Waals surface area contributed by atoms with Crippen LogP contribution in [0.5, 0.6) is 0 Å². The van der Waals surface area contributed by atoms with Crippen molar-refractivity contribution in [3.63, 3.8) is 0 Å². The SMILES string of the molecule is CC(C)S(=O)(=O)n1cc(C(=O)NCC(=O)Nc2nc(-c3cccc(-c4ccncc4)c3)cs2)c(Cl)c1Cl. The van der Waals surface area contributed by atoms with Crippen molar-refractivity contribution in [2.75, 3.05) is 11.9 Å². The maximum absolute atomic E-state index is 12.6. The zero-order valence-corrected chi connectivity index (χ0v) is 22.7. The highest BCUT2D eigenvalue weighted by Crippen LogP contribution is 2.31. The molecular weight excluding hydrogens is 557 g/mol. The first kappa shape index (κ1) is 26.8. The molecule has 3 aromatic heterocycles. The third-order valence-corrected chi connectivity index (χ3v) is 9.04. The molecule has 13 heteroatoms. The number of rotatable bonds is 8. The molecule has 0 atom stereocenters. The lowest BCUT2D eigenvalue weighted by Gasteiger charge is -2.09. The number of anilines is 1. The number of nitrogens with one attached hydrogen (secondary N) is 2. The Morgan fingerprint density at radius 2 is 1.78 bits per heavy atom. The lowest BCUT2D eigenvalue weighted by atomic mass is 10.0. The quantitative estimate of drug-likeness (QED) is 0.306. The van der Waals surface area contributed by atoms with E-state index < -0.39 is 27.1 Å². The average molecular weight is 579 g/mol. The van der Waals surface area contributed by atoms with Crippen LogP contribution >= 0.6 is 34.5 Å². The molecule has 192 valence electrons. The second kappa shape index (κ2) is 11.0. The highest BCUT2D eigenvalue weighted by molar-refractivity contribution is 7.90. The summed E-state index contributed by atoms with van der Waals surface area (Å²) in [5.41, 5.74) is 3.44. The van der Waals surface area contributed by atoms with Crippen molar-refractivity contribution < 1.29 is 18.0 Å². The van der Waals surface area contributed by atoms with Crippen molar-refractivity contribution >= 4 is 61.5 Å². The van der Waals surface area contributed by atoms with Gasteiger partial charge in [-0.25, -0.2) is 17.4 Å². The molecule has 4 aromatic rings. The number of carbonyl (C=O) groups excluding carboxylic acids is 2. The summed E-state index contributed by atoms with van der Waals surface area (Å²) in [7, 11) is -3.82. The van der Waals surface area contributed by atoms with Gasteiger partial charge in [0.25, 0.3) is 5.91 Å². The molecule has 0 unspecified atom stereocenters. The number of amides is 2. The summed E-state index contributed by atoms with van der Waals surface area (Å²) in [6.45, 7) is 2.57. The standard InChI is InChI=1S/C24H21Cl2N5O4S2/c1-14(2)37(34,35)31-12-18(21(25)22(31)26)23(33)28-11-20(32)30-24-29-19(13-36-24)17-5-3-4-16(10-17)15-6-8-27-9-7-15/h3-10,12-14H,11H2,1-2H3,(H,28,33)(H,29,30,32). The van der Waals surface area contributed by atoms with Crippen LogP contribution in [0.1, 0.15) is 24.2 Å². The Hall–Kier alpha value is -3.25. The third-order valence-electron chi connectivity index (χ3n) is 5.30. The van der Waals surface area contributed by atoms with E-state index in [1.165, 1.54) is 25.2 Å². The van der Waals surface area contributed by atoms with Crippen LogP contribution in [0.25, 0.3) is 22.4 Å². The largest absolute Gasteiger partial charge is 0.343 e. The fourth-order valence-corrected chi connectivity index (χ4v) is 5.77. The summed E-state index contributed by atoms with van der Waals surface area (Å²) >= 11 is 13.4. The van der Waals surface area contributed by atoms with Crippen molar-refractivity contribution in [3.8, 4) is 22.4 Å². The Balaban J connectivity index is 1.40. The van der Waals surface area contributed by atoms with Crippen LogP contribution < -0.4 is 10.6 Å².